The number of pyridine rings is 1. The monoisotopic (exact) mass is 272 g/mol. The number of hydrogen-bond acceptors (Lipinski definition) is 5. The number of anilines is 1. The largest absolute Gasteiger partial charge is 0.368 e. The van der Waals surface area contributed by atoms with Gasteiger partial charge in [-0.15, -0.1) is 0 Å². The van der Waals surface area contributed by atoms with E-state index in [1.54, 1.807) is 6.07 Å². The lowest BCUT2D eigenvalue weighted by Crippen LogP contribution is -2.31. The van der Waals surface area contributed by atoms with Gasteiger partial charge in [0.05, 0.1) is 10.4 Å². The summed E-state index contributed by atoms with van der Waals surface area (Å²) in [5.74, 6) is 1.40. The van der Waals surface area contributed by atoms with E-state index in [0.717, 1.165) is 16.7 Å². The van der Waals surface area contributed by atoms with Crippen molar-refractivity contribution < 1.29 is 4.92 Å². The summed E-state index contributed by atoms with van der Waals surface area (Å²) in [6, 6.07) is 8.49. The Kier molecular flexibility index (Phi) is 3.23. The van der Waals surface area contributed by atoms with Gasteiger partial charge in [0.2, 0.25) is 0 Å². The van der Waals surface area contributed by atoms with Crippen LogP contribution in [0.5, 0.6) is 0 Å². The van der Waals surface area contributed by atoms with Gasteiger partial charge in [0, 0.05) is 30.1 Å². The third kappa shape index (κ3) is 2.70. The summed E-state index contributed by atoms with van der Waals surface area (Å²) < 4.78 is 0. The number of nitrogens with two attached hydrogens (primary N) is 1. The van der Waals surface area contributed by atoms with Crippen LogP contribution in [-0.2, 0) is 0 Å². The highest BCUT2D eigenvalue weighted by Crippen LogP contribution is 2.31. The van der Waals surface area contributed by atoms with Crippen LogP contribution in [0.15, 0.2) is 30.3 Å². The second-order valence-electron chi connectivity index (χ2n) is 5.21. The minimum Gasteiger partial charge on any atom is -0.368 e. The summed E-state index contributed by atoms with van der Waals surface area (Å²) in [6.45, 7) is 0.705. The first kappa shape index (κ1) is 12.8. The van der Waals surface area contributed by atoms with Crippen LogP contribution >= 0.6 is 0 Å². The number of nitrogens with zero attached hydrogens (tertiary/aromatic N) is 2. The predicted octanol–water partition coefficient (Wildman–Crippen LogP) is 2.29. The molecule has 1 fully saturated rings. The van der Waals surface area contributed by atoms with Crippen LogP contribution in [0.25, 0.3) is 10.9 Å². The highest BCUT2D eigenvalue weighted by atomic mass is 16.6. The van der Waals surface area contributed by atoms with Crippen molar-refractivity contribution >= 4 is 22.4 Å². The minimum absolute atomic E-state index is 0.0794. The lowest BCUT2D eigenvalue weighted by Gasteiger charge is -2.12. The molecule has 1 aliphatic rings. The molecule has 3 N–H and O–H groups in total. The fraction of sp³-hybridized carbons (Fsp3) is 0.357. The Labute approximate surface area is 116 Å². The molecule has 3 rings (SSSR count). The van der Waals surface area contributed by atoms with Crippen LogP contribution in [0.2, 0.25) is 0 Å². The zero-order valence-corrected chi connectivity index (χ0v) is 11.0. The second-order valence-corrected chi connectivity index (χ2v) is 5.21. The van der Waals surface area contributed by atoms with Crippen LogP contribution in [0.3, 0.4) is 0 Å². The number of fused-ring (bicyclic) bond motifs is 1. The molecule has 0 aliphatic heterocycles. The van der Waals surface area contributed by atoms with Crippen LogP contribution in [0.4, 0.5) is 11.5 Å². The van der Waals surface area contributed by atoms with Gasteiger partial charge in [-0.05, 0) is 37.0 Å². The standard InChI is InChI=1S/C14H16N4O2/c15-12(9-1-2-9)8-16-14-6-3-10-7-11(18(19)20)4-5-13(10)17-14/h3-7,9,12H,1-2,8,15H2,(H,16,17). The molecule has 1 atom stereocenters. The molecule has 1 aromatic carbocycles. The van der Waals surface area contributed by atoms with Gasteiger partial charge in [-0.2, -0.15) is 0 Å². The Morgan fingerprint density at radius 2 is 2.20 bits per heavy atom. The van der Waals surface area contributed by atoms with Crippen molar-refractivity contribution in [2.75, 3.05) is 11.9 Å². The fourth-order valence-electron chi connectivity index (χ4n) is 2.24. The van der Waals surface area contributed by atoms with E-state index in [9.17, 15) is 10.1 Å². The SMILES string of the molecule is NC(CNc1ccc2cc([N+](=O)[O-])ccc2n1)C1CC1. The smallest absolute Gasteiger partial charge is 0.270 e. The Hall–Kier alpha value is -2.21. The van der Waals surface area contributed by atoms with Gasteiger partial charge in [0.25, 0.3) is 5.69 Å². The molecule has 2 aromatic rings. The van der Waals surface area contributed by atoms with Gasteiger partial charge < -0.3 is 11.1 Å². The highest BCUT2D eigenvalue weighted by Gasteiger charge is 2.28. The first-order valence-electron chi connectivity index (χ1n) is 6.68. The third-order valence-electron chi connectivity index (χ3n) is 3.63. The molecular formula is C14H16N4O2. The lowest BCUT2D eigenvalue weighted by atomic mass is 10.2. The number of non-ortho nitro benzene ring substituents is 1. The zero-order valence-electron chi connectivity index (χ0n) is 11.0. The van der Waals surface area contributed by atoms with E-state index in [-0.39, 0.29) is 11.7 Å². The molecule has 0 saturated heterocycles. The lowest BCUT2D eigenvalue weighted by molar-refractivity contribution is -0.384. The number of nitro groups is 1. The Morgan fingerprint density at radius 3 is 2.90 bits per heavy atom. The van der Waals surface area contributed by atoms with Crippen LogP contribution < -0.4 is 11.1 Å². The summed E-state index contributed by atoms with van der Waals surface area (Å²) in [7, 11) is 0. The van der Waals surface area contributed by atoms with Gasteiger partial charge in [0.15, 0.2) is 0 Å². The van der Waals surface area contributed by atoms with Gasteiger partial charge in [-0.25, -0.2) is 4.98 Å². The predicted molar refractivity (Wildman–Crippen MR) is 77.6 cm³/mol. The van der Waals surface area contributed by atoms with Gasteiger partial charge in [-0.1, -0.05) is 0 Å². The maximum Gasteiger partial charge on any atom is 0.270 e. The van der Waals surface area contributed by atoms with Crippen molar-refractivity contribution in [2.24, 2.45) is 11.7 Å². The molecule has 1 heterocycles. The van der Waals surface area contributed by atoms with Crippen molar-refractivity contribution in [3.8, 4) is 0 Å². The van der Waals surface area contributed by atoms with Crippen LogP contribution in [0, 0.1) is 16.0 Å². The number of nitrogens with one attached hydrogen (secondary N) is 1. The molecule has 0 spiro atoms. The van der Waals surface area contributed by atoms with Crippen molar-refractivity contribution in [3.63, 3.8) is 0 Å². The number of benzene rings is 1. The Bertz CT molecular complexity index is 655. The first-order chi connectivity index (χ1) is 9.63. The summed E-state index contributed by atoms with van der Waals surface area (Å²) >= 11 is 0. The van der Waals surface area contributed by atoms with Crippen molar-refractivity contribution in [1.29, 1.82) is 0 Å². The van der Waals surface area contributed by atoms with E-state index >= 15 is 0 Å². The Balaban J connectivity index is 1.76. The molecule has 0 bridgehead atoms. The molecule has 0 amide bonds. The molecule has 104 valence electrons. The van der Waals surface area contributed by atoms with Gasteiger partial charge in [0.1, 0.15) is 5.82 Å². The molecular weight excluding hydrogens is 256 g/mol. The van der Waals surface area contributed by atoms with E-state index in [2.05, 4.69) is 10.3 Å². The molecule has 0 radical (unpaired) electrons. The topological polar surface area (TPSA) is 94.1 Å². The number of nitro benzene ring substituents is 1. The van der Waals surface area contributed by atoms with Crippen molar-refractivity contribution in [1.82, 2.24) is 4.98 Å². The molecule has 1 unspecified atom stereocenters. The number of rotatable bonds is 5. The van der Waals surface area contributed by atoms with E-state index in [1.807, 2.05) is 12.1 Å². The van der Waals surface area contributed by atoms with E-state index in [0.29, 0.717) is 12.5 Å². The molecule has 20 heavy (non-hydrogen) atoms. The van der Waals surface area contributed by atoms with E-state index < -0.39 is 4.92 Å². The van der Waals surface area contributed by atoms with E-state index in [4.69, 9.17) is 5.73 Å². The van der Waals surface area contributed by atoms with Crippen molar-refractivity contribution in [3.05, 3.63) is 40.4 Å². The van der Waals surface area contributed by atoms with Gasteiger partial charge >= 0.3 is 0 Å². The normalized spacial score (nSPS) is 16.1. The third-order valence-corrected chi connectivity index (χ3v) is 3.63. The summed E-state index contributed by atoms with van der Waals surface area (Å²) in [5, 5.41) is 14.7. The highest BCUT2D eigenvalue weighted by molar-refractivity contribution is 5.82. The average Bonchev–Trinajstić information content (AvgIpc) is 3.28. The fourth-order valence-corrected chi connectivity index (χ4v) is 2.24. The quantitative estimate of drug-likeness (QED) is 0.643. The van der Waals surface area contributed by atoms with Gasteiger partial charge in [-0.3, -0.25) is 10.1 Å². The van der Waals surface area contributed by atoms with E-state index in [1.165, 1.54) is 25.0 Å². The van der Waals surface area contributed by atoms with Crippen LogP contribution in [0.1, 0.15) is 12.8 Å². The molecule has 6 nitrogen and oxygen atoms in total. The molecule has 1 saturated carbocycles. The van der Waals surface area contributed by atoms with Crippen LogP contribution in [-0.4, -0.2) is 22.5 Å². The average molecular weight is 272 g/mol. The maximum atomic E-state index is 10.7. The minimum atomic E-state index is -0.403. The molecule has 1 aliphatic carbocycles. The maximum absolute atomic E-state index is 10.7. The first-order valence-corrected chi connectivity index (χ1v) is 6.68. The summed E-state index contributed by atoms with van der Waals surface area (Å²) in [5.41, 5.74) is 6.84. The summed E-state index contributed by atoms with van der Waals surface area (Å²) in [6.07, 6.45) is 2.44. The van der Waals surface area contributed by atoms with Crippen molar-refractivity contribution in [2.45, 2.75) is 18.9 Å². The number of aromatic nitrogens is 1. The molecule has 1 aromatic heterocycles. The zero-order chi connectivity index (χ0) is 14.1. The summed E-state index contributed by atoms with van der Waals surface area (Å²) in [4.78, 5) is 14.8. The number of hydrogen-bond donors (Lipinski definition) is 2. The Morgan fingerprint density at radius 1 is 1.40 bits per heavy atom. The second kappa shape index (κ2) is 5.05. The molecule has 6 heteroatoms.